The normalized spacial score (nSPS) is 18.2. The van der Waals surface area contributed by atoms with Crippen molar-refractivity contribution in [3.63, 3.8) is 0 Å². The summed E-state index contributed by atoms with van der Waals surface area (Å²) in [4.78, 5) is 0. The van der Waals surface area contributed by atoms with Gasteiger partial charge >= 0.3 is 6.18 Å². The standard InChI is InChI=1S/C18H18F3NO/c1-12-11-22-9-8-13-10-14(6-7-15(12)13)23-17-5-3-2-4-16(17)18(19,20)21/h2-7,10,12,22H,8-9,11H2,1H3. The molecule has 0 saturated carbocycles. The first kappa shape index (κ1) is 15.9. The summed E-state index contributed by atoms with van der Waals surface area (Å²) in [5, 5.41) is 3.35. The van der Waals surface area contributed by atoms with Gasteiger partial charge in [0.15, 0.2) is 0 Å². The second kappa shape index (κ2) is 6.24. The predicted molar refractivity (Wildman–Crippen MR) is 82.9 cm³/mol. The van der Waals surface area contributed by atoms with Crippen molar-refractivity contribution in [2.75, 3.05) is 13.1 Å². The van der Waals surface area contributed by atoms with Crippen molar-refractivity contribution in [1.82, 2.24) is 5.32 Å². The molecule has 0 fully saturated rings. The summed E-state index contributed by atoms with van der Waals surface area (Å²) in [6.07, 6.45) is -3.58. The van der Waals surface area contributed by atoms with Crippen LogP contribution in [0, 0.1) is 0 Å². The molecule has 1 unspecified atom stereocenters. The number of hydrogen-bond acceptors (Lipinski definition) is 2. The number of nitrogens with one attached hydrogen (secondary N) is 1. The molecule has 3 rings (SSSR count). The maximum atomic E-state index is 13.0. The molecule has 0 spiro atoms. The van der Waals surface area contributed by atoms with E-state index in [1.807, 2.05) is 12.1 Å². The third kappa shape index (κ3) is 3.50. The van der Waals surface area contributed by atoms with E-state index in [-0.39, 0.29) is 5.75 Å². The van der Waals surface area contributed by atoms with Crippen molar-refractivity contribution >= 4 is 0 Å². The molecule has 1 heterocycles. The molecule has 0 saturated heterocycles. The minimum absolute atomic E-state index is 0.167. The smallest absolute Gasteiger partial charge is 0.419 e. The summed E-state index contributed by atoms with van der Waals surface area (Å²) in [6, 6.07) is 10.8. The Hall–Kier alpha value is -2.01. The number of hydrogen-bond donors (Lipinski definition) is 1. The quantitative estimate of drug-likeness (QED) is 0.862. The molecule has 0 aliphatic carbocycles. The van der Waals surface area contributed by atoms with Gasteiger partial charge in [0.2, 0.25) is 0 Å². The van der Waals surface area contributed by atoms with Crippen molar-refractivity contribution in [3.05, 3.63) is 59.2 Å². The number of ether oxygens (including phenoxy) is 1. The monoisotopic (exact) mass is 321 g/mol. The summed E-state index contributed by atoms with van der Waals surface area (Å²) in [7, 11) is 0. The molecular weight excluding hydrogens is 303 g/mol. The number of fused-ring (bicyclic) bond motifs is 1. The van der Waals surface area contributed by atoms with Crippen LogP contribution in [0.5, 0.6) is 11.5 Å². The lowest BCUT2D eigenvalue weighted by Gasteiger charge is -2.16. The predicted octanol–water partition coefficient (Wildman–Crippen LogP) is 4.75. The van der Waals surface area contributed by atoms with Gasteiger partial charge < -0.3 is 10.1 Å². The second-order valence-electron chi connectivity index (χ2n) is 5.81. The van der Waals surface area contributed by atoms with E-state index in [0.717, 1.165) is 31.1 Å². The zero-order valence-corrected chi connectivity index (χ0v) is 12.8. The summed E-state index contributed by atoms with van der Waals surface area (Å²) in [5.41, 5.74) is 1.60. The lowest BCUT2D eigenvalue weighted by atomic mass is 9.95. The number of benzene rings is 2. The molecule has 1 N–H and O–H groups in total. The van der Waals surface area contributed by atoms with Gasteiger partial charge in [-0.1, -0.05) is 25.1 Å². The van der Waals surface area contributed by atoms with Gasteiger partial charge in [-0.15, -0.1) is 0 Å². The van der Waals surface area contributed by atoms with Crippen LogP contribution < -0.4 is 10.1 Å². The Labute approximate surface area is 133 Å². The van der Waals surface area contributed by atoms with E-state index in [0.29, 0.717) is 11.7 Å². The van der Waals surface area contributed by atoms with Gasteiger partial charge in [-0.05, 0) is 54.3 Å². The molecule has 0 aromatic heterocycles. The Morgan fingerprint density at radius 3 is 2.70 bits per heavy atom. The van der Waals surface area contributed by atoms with E-state index in [9.17, 15) is 13.2 Å². The van der Waals surface area contributed by atoms with Gasteiger partial charge in [-0.3, -0.25) is 0 Å². The lowest BCUT2D eigenvalue weighted by molar-refractivity contribution is -0.138. The first-order valence-electron chi connectivity index (χ1n) is 7.63. The average Bonchev–Trinajstić information content (AvgIpc) is 2.68. The summed E-state index contributed by atoms with van der Waals surface area (Å²) in [6.45, 7) is 3.90. The second-order valence-corrected chi connectivity index (χ2v) is 5.81. The van der Waals surface area contributed by atoms with Crippen LogP contribution in [-0.4, -0.2) is 13.1 Å². The number of halogens is 3. The summed E-state index contributed by atoms with van der Waals surface area (Å²) < 4.78 is 44.7. The average molecular weight is 321 g/mol. The van der Waals surface area contributed by atoms with E-state index in [2.05, 4.69) is 12.2 Å². The van der Waals surface area contributed by atoms with Crippen LogP contribution in [0.2, 0.25) is 0 Å². The van der Waals surface area contributed by atoms with Gasteiger partial charge in [0.1, 0.15) is 11.5 Å². The van der Waals surface area contributed by atoms with Gasteiger partial charge in [0.25, 0.3) is 0 Å². The Morgan fingerprint density at radius 2 is 1.91 bits per heavy atom. The third-order valence-corrected chi connectivity index (χ3v) is 4.09. The van der Waals surface area contributed by atoms with Crippen LogP contribution in [0.3, 0.4) is 0 Å². The topological polar surface area (TPSA) is 21.3 Å². The fraction of sp³-hybridized carbons (Fsp3) is 0.333. The van der Waals surface area contributed by atoms with Crippen molar-refractivity contribution in [1.29, 1.82) is 0 Å². The molecule has 5 heteroatoms. The van der Waals surface area contributed by atoms with E-state index in [1.165, 1.54) is 17.7 Å². The van der Waals surface area contributed by atoms with E-state index in [4.69, 9.17) is 4.74 Å². The first-order chi connectivity index (χ1) is 10.9. The highest BCUT2D eigenvalue weighted by Crippen LogP contribution is 2.38. The minimum atomic E-state index is -4.43. The highest BCUT2D eigenvalue weighted by molar-refractivity contribution is 5.43. The molecule has 1 aliphatic rings. The first-order valence-corrected chi connectivity index (χ1v) is 7.63. The van der Waals surface area contributed by atoms with Gasteiger partial charge in [0.05, 0.1) is 5.56 Å². The lowest BCUT2D eigenvalue weighted by Crippen LogP contribution is -2.18. The fourth-order valence-electron chi connectivity index (χ4n) is 2.91. The van der Waals surface area contributed by atoms with Crippen LogP contribution in [-0.2, 0) is 12.6 Å². The SMILES string of the molecule is CC1CNCCc2cc(Oc3ccccc3C(F)(F)F)ccc21. The van der Waals surface area contributed by atoms with Crippen LogP contribution in [0.25, 0.3) is 0 Å². The largest absolute Gasteiger partial charge is 0.457 e. The molecule has 1 aliphatic heterocycles. The van der Waals surface area contributed by atoms with E-state index < -0.39 is 11.7 Å². The molecule has 0 radical (unpaired) electrons. The molecule has 2 aromatic carbocycles. The van der Waals surface area contributed by atoms with E-state index >= 15 is 0 Å². The highest BCUT2D eigenvalue weighted by atomic mass is 19.4. The van der Waals surface area contributed by atoms with Crippen molar-refractivity contribution in [3.8, 4) is 11.5 Å². The molecule has 2 nitrogen and oxygen atoms in total. The van der Waals surface area contributed by atoms with Crippen LogP contribution in [0.1, 0.15) is 29.5 Å². The van der Waals surface area contributed by atoms with Gasteiger partial charge in [-0.2, -0.15) is 13.2 Å². The van der Waals surface area contributed by atoms with Crippen molar-refractivity contribution in [2.45, 2.75) is 25.4 Å². The van der Waals surface area contributed by atoms with Crippen LogP contribution in [0.15, 0.2) is 42.5 Å². The zero-order valence-electron chi connectivity index (χ0n) is 12.8. The molecule has 2 aromatic rings. The highest BCUT2D eigenvalue weighted by Gasteiger charge is 2.34. The van der Waals surface area contributed by atoms with E-state index in [1.54, 1.807) is 12.1 Å². The van der Waals surface area contributed by atoms with Gasteiger partial charge in [-0.25, -0.2) is 0 Å². The molecule has 122 valence electrons. The number of rotatable bonds is 2. The number of para-hydroxylation sites is 1. The third-order valence-electron chi connectivity index (χ3n) is 4.09. The maximum absolute atomic E-state index is 13.0. The summed E-state index contributed by atoms with van der Waals surface area (Å²) >= 11 is 0. The Balaban J connectivity index is 1.92. The van der Waals surface area contributed by atoms with Crippen molar-refractivity contribution < 1.29 is 17.9 Å². The fourth-order valence-corrected chi connectivity index (χ4v) is 2.91. The minimum Gasteiger partial charge on any atom is -0.457 e. The van der Waals surface area contributed by atoms with Gasteiger partial charge in [0, 0.05) is 6.54 Å². The Bertz CT molecular complexity index is 697. The summed E-state index contributed by atoms with van der Waals surface area (Å²) in [5.74, 6) is 0.651. The molecule has 0 amide bonds. The molecule has 1 atom stereocenters. The van der Waals surface area contributed by atoms with Crippen molar-refractivity contribution in [2.24, 2.45) is 0 Å². The Morgan fingerprint density at radius 1 is 1.13 bits per heavy atom. The number of alkyl halides is 3. The van der Waals surface area contributed by atoms with Crippen LogP contribution in [0.4, 0.5) is 13.2 Å². The molecule has 23 heavy (non-hydrogen) atoms. The maximum Gasteiger partial charge on any atom is 0.419 e. The molecular formula is C18H18F3NO. The van der Waals surface area contributed by atoms with Crippen LogP contribution >= 0.6 is 0 Å². The molecule has 0 bridgehead atoms. The Kier molecular flexibility index (Phi) is 4.31. The zero-order chi connectivity index (χ0) is 16.4.